The molecule has 0 aromatic heterocycles. The van der Waals surface area contributed by atoms with E-state index in [4.69, 9.17) is 0 Å². The van der Waals surface area contributed by atoms with Crippen LogP contribution in [0.3, 0.4) is 0 Å². The van der Waals surface area contributed by atoms with Crippen LogP contribution in [0.1, 0.15) is 30.1 Å². The second-order valence-corrected chi connectivity index (χ2v) is 3.83. The van der Waals surface area contributed by atoms with E-state index in [0.29, 0.717) is 13.0 Å². The third kappa shape index (κ3) is 3.73. The van der Waals surface area contributed by atoms with E-state index in [0.717, 1.165) is 0 Å². The Kier molecular flexibility index (Phi) is 5.47. The van der Waals surface area contributed by atoms with Gasteiger partial charge in [-0.15, -0.1) is 0 Å². The summed E-state index contributed by atoms with van der Waals surface area (Å²) in [5.74, 6) is 0. The summed E-state index contributed by atoms with van der Waals surface area (Å²) in [6.07, 6.45) is -4.69. The molecule has 0 amide bonds. The van der Waals surface area contributed by atoms with Crippen LogP contribution in [0.5, 0.6) is 0 Å². The van der Waals surface area contributed by atoms with Crippen LogP contribution in [-0.2, 0) is 0 Å². The minimum Gasteiger partial charge on any atom is -0.390 e. The topological polar surface area (TPSA) is 52.5 Å². The SMILES string of the molecule is CNCCC(O)C(O)c1ccccc1C(F)F. The summed E-state index contributed by atoms with van der Waals surface area (Å²) in [5.41, 5.74) is -0.144. The zero-order chi connectivity index (χ0) is 12.8. The number of nitrogens with one attached hydrogen (secondary N) is 1. The van der Waals surface area contributed by atoms with Crippen molar-refractivity contribution in [2.45, 2.75) is 25.1 Å². The van der Waals surface area contributed by atoms with Crippen molar-refractivity contribution in [1.29, 1.82) is 0 Å². The maximum atomic E-state index is 12.7. The third-order valence-electron chi connectivity index (χ3n) is 2.60. The molecule has 0 bridgehead atoms. The van der Waals surface area contributed by atoms with Crippen LogP contribution in [0.25, 0.3) is 0 Å². The van der Waals surface area contributed by atoms with E-state index in [1.165, 1.54) is 18.2 Å². The van der Waals surface area contributed by atoms with E-state index in [2.05, 4.69) is 5.32 Å². The average molecular weight is 245 g/mol. The first-order valence-corrected chi connectivity index (χ1v) is 5.45. The standard InChI is InChI=1S/C12H17F2NO2/c1-15-7-6-10(16)11(17)8-4-2-3-5-9(8)12(13)14/h2-5,10-12,15-17H,6-7H2,1H3. The minimum absolute atomic E-state index is 0.0890. The molecular weight excluding hydrogens is 228 g/mol. The summed E-state index contributed by atoms with van der Waals surface area (Å²) in [4.78, 5) is 0. The summed E-state index contributed by atoms with van der Waals surface area (Å²) in [6.45, 7) is 0.509. The van der Waals surface area contributed by atoms with Crippen molar-refractivity contribution < 1.29 is 19.0 Å². The summed E-state index contributed by atoms with van der Waals surface area (Å²) in [7, 11) is 1.71. The fraction of sp³-hybridized carbons (Fsp3) is 0.500. The van der Waals surface area contributed by atoms with Crippen molar-refractivity contribution in [3.05, 3.63) is 35.4 Å². The maximum Gasteiger partial charge on any atom is 0.264 e. The molecule has 3 nitrogen and oxygen atoms in total. The van der Waals surface area contributed by atoms with Gasteiger partial charge in [0.05, 0.1) is 6.10 Å². The number of rotatable bonds is 6. The molecule has 3 N–H and O–H groups in total. The predicted molar refractivity (Wildman–Crippen MR) is 60.9 cm³/mol. The number of alkyl halides is 2. The zero-order valence-electron chi connectivity index (χ0n) is 9.61. The molecule has 2 unspecified atom stereocenters. The van der Waals surface area contributed by atoms with Crippen molar-refractivity contribution >= 4 is 0 Å². The molecule has 0 aliphatic rings. The average Bonchev–Trinajstić information content (AvgIpc) is 2.34. The first kappa shape index (κ1) is 14.0. The highest BCUT2D eigenvalue weighted by Gasteiger charge is 2.23. The van der Waals surface area contributed by atoms with E-state index in [9.17, 15) is 19.0 Å². The monoisotopic (exact) mass is 245 g/mol. The summed E-state index contributed by atoms with van der Waals surface area (Å²) in [6, 6.07) is 5.72. The van der Waals surface area contributed by atoms with Crippen molar-refractivity contribution in [2.75, 3.05) is 13.6 Å². The largest absolute Gasteiger partial charge is 0.390 e. The van der Waals surface area contributed by atoms with Crippen LogP contribution in [-0.4, -0.2) is 29.9 Å². The fourth-order valence-electron chi connectivity index (χ4n) is 1.64. The maximum absolute atomic E-state index is 12.7. The van der Waals surface area contributed by atoms with Gasteiger partial charge in [0.2, 0.25) is 0 Å². The molecule has 0 aliphatic heterocycles. The quantitative estimate of drug-likeness (QED) is 0.714. The third-order valence-corrected chi connectivity index (χ3v) is 2.60. The smallest absolute Gasteiger partial charge is 0.264 e. The van der Waals surface area contributed by atoms with Gasteiger partial charge < -0.3 is 15.5 Å². The Labute approximate surface area is 99.1 Å². The highest BCUT2D eigenvalue weighted by atomic mass is 19.3. The minimum atomic E-state index is -2.66. The lowest BCUT2D eigenvalue weighted by molar-refractivity contribution is 0.0114. The normalized spacial score (nSPS) is 14.9. The molecule has 0 radical (unpaired) electrons. The van der Waals surface area contributed by atoms with Gasteiger partial charge in [-0.1, -0.05) is 24.3 Å². The molecule has 1 aromatic carbocycles. The predicted octanol–water partition coefficient (Wildman–Crippen LogP) is 1.63. The molecule has 0 aliphatic carbocycles. The van der Waals surface area contributed by atoms with Gasteiger partial charge in [-0.2, -0.15) is 0 Å². The molecule has 17 heavy (non-hydrogen) atoms. The first-order valence-electron chi connectivity index (χ1n) is 5.45. The van der Waals surface area contributed by atoms with Gasteiger partial charge in [-0.25, -0.2) is 8.78 Å². The molecule has 0 fully saturated rings. The Balaban J connectivity index is 2.83. The lowest BCUT2D eigenvalue weighted by Crippen LogP contribution is -2.24. The lowest BCUT2D eigenvalue weighted by Gasteiger charge is -2.20. The molecular formula is C12H17F2NO2. The van der Waals surface area contributed by atoms with E-state index < -0.39 is 18.6 Å². The van der Waals surface area contributed by atoms with Gasteiger partial charge in [-0.05, 0) is 25.6 Å². The number of benzene rings is 1. The Hall–Kier alpha value is -1.04. The Morgan fingerprint density at radius 3 is 2.29 bits per heavy atom. The molecule has 0 heterocycles. The van der Waals surface area contributed by atoms with Crippen molar-refractivity contribution in [3.63, 3.8) is 0 Å². The molecule has 1 aromatic rings. The van der Waals surface area contributed by atoms with Crippen LogP contribution in [0, 0.1) is 0 Å². The zero-order valence-corrected chi connectivity index (χ0v) is 9.61. The molecule has 0 spiro atoms. The second-order valence-electron chi connectivity index (χ2n) is 3.83. The van der Waals surface area contributed by atoms with Gasteiger partial charge in [0.15, 0.2) is 0 Å². The van der Waals surface area contributed by atoms with Gasteiger partial charge in [0.25, 0.3) is 6.43 Å². The summed E-state index contributed by atoms with van der Waals surface area (Å²) < 4.78 is 25.4. The number of hydrogen-bond acceptors (Lipinski definition) is 3. The highest BCUT2D eigenvalue weighted by Crippen LogP contribution is 2.29. The van der Waals surface area contributed by atoms with Crippen LogP contribution >= 0.6 is 0 Å². The second kappa shape index (κ2) is 6.64. The lowest BCUT2D eigenvalue weighted by atomic mass is 9.97. The molecule has 5 heteroatoms. The number of halogens is 2. The highest BCUT2D eigenvalue weighted by molar-refractivity contribution is 5.30. The molecule has 1 rings (SSSR count). The van der Waals surface area contributed by atoms with Crippen molar-refractivity contribution in [3.8, 4) is 0 Å². The van der Waals surface area contributed by atoms with Crippen molar-refractivity contribution in [1.82, 2.24) is 5.32 Å². The molecule has 2 atom stereocenters. The van der Waals surface area contributed by atoms with Gasteiger partial charge in [0.1, 0.15) is 6.10 Å². The Bertz CT molecular complexity index is 347. The van der Waals surface area contributed by atoms with Crippen LogP contribution in [0.2, 0.25) is 0 Å². The summed E-state index contributed by atoms with van der Waals surface area (Å²) >= 11 is 0. The Morgan fingerprint density at radius 2 is 1.76 bits per heavy atom. The Morgan fingerprint density at radius 1 is 1.18 bits per heavy atom. The van der Waals surface area contributed by atoms with Crippen LogP contribution < -0.4 is 5.32 Å². The van der Waals surface area contributed by atoms with E-state index in [-0.39, 0.29) is 11.1 Å². The van der Waals surface area contributed by atoms with Crippen LogP contribution in [0.15, 0.2) is 24.3 Å². The molecule has 96 valence electrons. The fourth-order valence-corrected chi connectivity index (χ4v) is 1.64. The number of hydrogen-bond donors (Lipinski definition) is 3. The number of aliphatic hydroxyl groups excluding tert-OH is 2. The van der Waals surface area contributed by atoms with E-state index in [1.54, 1.807) is 13.1 Å². The molecule has 0 saturated carbocycles. The number of aliphatic hydroxyl groups is 2. The molecule has 0 saturated heterocycles. The van der Waals surface area contributed by atoms with E-state index >= 15 is 0 Å². The van der Waals surface area contributed by atoms with E-state index in [1.807, 2.05) is 0 Å². The van der Waals surface area contributed by atoms with Crippen LogP contribution in [0.4, 0.5) is 8.78 Å². The van der Waals surface area contributed by atoms with Crippen molar-refractivity contribution in [2.24, 2.45) is 0 Å². The van der Waals surface area contributed by atoms with Gasteiger partial charge >= 0.3 is 0 Å². The summed E-state index contributed by atoms with van der Waals surface area (Å²) in [5, 5.41) is 22.3. The van der Waals surface area contributed by atoms with Gasteiger partial charge in [0, 0.05) is 5.56 Å². The first-order chi connectivity index (χ1) is 8.07. The van der Waals surface area contributed by atoms with Gasteiger partial charge in [-0.3, -0.25) is 0 Å².